The monoisotopic (exact) mass is 210 g/mol. The molecule has 1 aromatic rings. The minimum absolute atomic E-state index is 0.0279. The minimum Gasteiger partial charge on any atom is -0.383 e. The average Bonchev–Trinajstić information content (AvgIpc) is 2.43. The van der Waals surface area contributed by atoms with E-state index in [0.29, 0.717) is 5.01 Å². The van der Waals surface area contributed by atoms with Crippen LogP contribution in [0.2, 0.25) is 0 Å². The summed E-state index contributed by atoms with van der Waals surface area (Å²) in [5.74, 6) is -0.0279. The van der Waals surface area contributed by atoms with Gasteiger partial charge in [0.1, 0.15) is 0 Å². The quantitative estimate of drug-likeness (QED) is 0.565. The van der Waals surface area contributed by atoms with E-state index in [1.54, 1.807) is 6.20 Å². The number of thiazole rings is 1. The topological polar surface area (TPSA) is 33.2 Å². The summed E-state index contributed by atoms with van der Waals surface area (Å²) in [6.45, 7) is 3.89. The highest BCUT2D eigenvalue weighted by atomic mass is 32.1. The van der Waals surface area contributed by atoms with Gasteiger partial charge in [0.25, 0.3) is 0 Å². The molecular formula is C10H14N2OS. The van der Waals surface area contributed by atoms with Gasteiger partial charge in [0.15, 0.2) is 5.01 Å². The minimum atomic E-state index is -0.0279. The molecule has 0 aliphatic carbocycles. The summed E-state index contributed by atoms with van der Waals surface area (Å²) < 4.78 is 0. The van der Waals surface area contributed by atoms with Gasteiger partial charge in [-0.3, -0.25) is 4.79 Å². The van der Waals surface area contributed by atoms with E-state index < -0.39 is 0 Å². The van der Waals surface area contributed by atoms with Crippen LogP contribution >= 0.6 is 11.3 Å². The number of carbonyl (C=O) groups is 1. The normalized spacial score (nSPS) is 10.9. The van der Waals surface area contributed by atoms with E-state index in [4.69, 9.17) is 0 Å². The molecule has 4 heteroatoms. The fourth-order valence-electron chi connectivity index (χ4n) is 0.866. The fraction of sp³-hybridized carbons (Fsp3) is 0.400. The third-order valence-electron chi connectivity index (χ3n) is 1.76. The molecule has 76 valence electrons. The third-order valence-corrected chi connectivity index (χ3v) is 2.85. The number of hydrogen-bond donors (Lipinski definition) is 0. The number of nitrogens with zero attached hydrogens (tertiary/aromatic N) is 2. The van der Waals surface area contributed by atoms with Crippen LogP contribution < -0.4 is 0 Å². The first-order valence-corrected chi connectivity index (χ1v) is 5.15. The Labute approximate surface area is 88.1 Å². The molecule has 0 unspecified atom stereocenters. The molecule has 3 nitrogen and oxygen atoms in total. The van der Waals surface area contributed by atoms with Crippen LogP contribution in [0.4, 0.5) is 0 Å². The van der Waals surface area contributed by atoms with E-state index in [1.165, 1.54) is 17.4 Å². The van der Waals surface area contributed by atoms with Crippen LogP contribution in [0.1, 0.15) is 20.4 Å². The van der Waals surface area contributed by atoms with Crippen molar-refractivity contribution in [3.8, 4) is 0 Å². The Morgan fingerprint density at radius 2 is 2.07 bits per heavy atom. The SMILES string of the molecule is Cc1nc(C(=O)C=CN(C)C)sc1C. The van der Waals surface area contributed by atoms with E-state index in [2.05, 4.69) is 4.98 Å². The lowest BCUT2D eigenvalue weighted by Gasteiger charge is -2.01. The van der Waals surface area contributed by atoms with Crippen molar-refractivity contribution in [2.75, 3.05) is 14.1 Å². The third kappa shape index (κ3) is 2.67. The maximum atomic E-state index is 11.5. The molecule has 0 atom stereocenters. The van der Waals surface area contributed by atoms with Crippen molar-refractivity contribution in [3.63, 3.8) is 0 Å². The predicted molar refractivity (Wildman–Crippen MR) is 58.7 cm³/mol. The molecule has 0 radical (unpaired) electrons. The summed E-state index contributed by atoms with van der Waals surface area (Å²) in [7, 11) is 3.75. The Morgan fingerprint density at radius 1 is 1.43 bits per heavy atom. The highest BCUT2D eigenvalue weighted by Crippen LogP contribution is 2.16. The number of aromatic nitrogens is 1. The van der Waals surface area contributed by atoms with E-state index >= 15 is 0 Å². The molecule has 1 heterocycles. The van der Waals surface area contributed by atoms with Gasteiger partial charge in [0.2, 0.25) is 5.78 Å². The number of aryl methyl sites for hydroxylation is 2. The molecule has 0 bridgehead atoms. The van der Waals surface area contributed by atoms with Gasteiger partial charge in [-0.25, -0.2) is 4.98 Å². The van der Waals surface area contributed by atoms with Crippen LogP contribution in [0.5, 0.6) is 0 Å². The summed E-state index contributed by atoms with van der Waals surface area (Å²) in [6.07, 6.45) is 3.27. The molecule has 0 aromatic carbocycles. The van der Waals surface area contributed by atoms with Gasteiger partial charge in [0, 0.05) is 31.2 Å². The van der Waals surface area contributed by atoms with E-state index in [9.17, 15) is 4.79 Å². The van der Waals surface area contributed by atoms with Gasteiger partial charge in [-0.15, -0.1) is 11.3 Å². The summed E-state index contributed by atoms with van der Waals surface area (Å²) in [5.41, 5.74) is 0.941. The first-order valence-electron chi connectivity index (χ1n) is 4.33. The molecule has 0 saturated carbocycles. The van der Waals surface area contributed by atoms with Gasteiger partial charge < -0.3 is 4.90 Å². The van der Waals surface area contributed by atoms with Crippen LogP contribution in [0, 0.1) is 13.8 Å². The number of ketones is 1. The van der Waals surface area contributed by atoms with Gasteiger partial charge in [-0.1, -0.05) is 0 Å². The smallest absolute Gasteiger partial charge is 0.215 e. The summed E-state index contributed by atoms with van der Waals surface area (Å²) in [6, 6.07) is 0. The maximum absolute atomic E-state index is 11.5. The van der Waals surface area contributed by atoms with Crippen molar-refractivity contribution in [2.24, 2.45) is 0 Å². The Bertz CT molecular complexity index is 347. The van der Waals surface area contributed by atoms with Crippen LogP contribution in [-0.2, 0) is 0 Å². The number of rotatable bonds is 3. The van der Waals surface area contributed by atoms with Crippen molar-refractivity contribution in [1.82, 2.24) is 9.88 Å². The summed E-state index contributed by atoms with van der Waals surface area (Å²) in [4.78, 5) is 18.7. The lowest BCUT2D eigenvalue weighted by atomic mass is 10.4. The number of carbonyl (C=O) groups excluding carboxylic acids is 1. The zero-order valence-corrected chi connectivity index (χ0v) is 9.68. The van der Waals surface area contributed by atoms with Gasteiger partial charge >= 0.3 is 0 Å². The zero-order valence-electron chi connectivity index (χ0n) is 8.87. The summed E-state index contributed by atoms with van der Waals surface area (Å²) in [5, 5.41) is 0.568. The molecule has 0 spiro atoms. The van der Waals surface area contributed by atoms with Gasteiger partial charge in [-0.05, 0) is 13.8 Å². The number of hydrogen-bond acceptors (Lipinski definition) is 4. The zero-order chi connectivity index (χ0) is 10.7. The number of allylic oxidation sites excluding steroid dienone is 1. The van der Waals surface area contributed by atoms with Crippen LogP contribution in [0.15, 0.2) is 12.3 Å². The van der Waals surface area contributed by atoms with Crippen molar-refractivity contribution in [2.45, 2.75) is 13.8 Å². The first-order chi connectivity index (χ1) is 6.50. The molecular weight excluding hydrogens is 196 g/mol. The van der Waals surface area contributed by atoms with E-state index in [-0.39, 0.29) is 5.78 Å². The van der Waals surface area contributed by atoms with E-state index in [1.807, 2.05) is 32.8 Å². The Hall–Kier alpha value is -1.16. The highest BCUT2D eigenvalue weighted by Gasteiger charge is 2.09. The van der Waals surface area contributed by atoms with Gasteiger partial charge in [0.05, 0.1) is 5.69 Å². The fourth-order valence-corrected chi connectivity index (χ4v) is 1.70. The largest absolute Gasteiger partial charge is 0.383 e. The van der Waals surface area contributed by atoms with E-state index in [0.717, 1.165) is 10.6 Å². The Balaban J connectivity index is 2.80. The summed E-state index contributed by atoms with van der Waals surface area (Å²) >= 11 is 1.44. The second-order valence-corrected chi connectivity index (χ2v) is 4.51. The van der Waals surface area contributed by atoms with Crippen molar-refractivity contribution >= 4 is 17.1 Å². The molecule has 0 N–H and O–H groups in total. The molecule has 1 aromatic heterocycles. The Kier molecular flexibility index (Phi) is 3.41. The highest BCUT2D eigenvalue weighted by molar-refractivity contribution is 7.13. The molecule has 0 amide bonds. The lowest BCUT2D eigenvalue weighted by molar-refractivity contribution is 0.104. The molecule has 14 heavy (non-hydrogen) atoms. The Morgan fingerprint density at radius 3 is 2.50 bits per heavy atom. The standard InChI is InChI=1S/C10H14N2OS/c1-7-8(2)14-10(11-7)9(13)5-6-12(3)4/h5-6H,1-4H3. The average molecular weight is 210 g/mol. The van der Waals surface area contributed by atoms with Crippen molar-refractivity contribution < 1.29 is 4.79 Å². The molecule has 1 rings (SSSR count). The van der Waals surface area contributed by atoms with Gasteiger partial charge in [-0.2, -0.15) is 0 Å². The maximum Gasteiger partial charge on any atom is 0.215 e. The van der Waals surface area contributed by atoms with Crippen LogP contribution in [0.25, 0.3) is 0 Å². The van der Waals surface area contributed by atoms with Crippen molar-refractivity contribution in [3.05, 3.63) is 27.9 Å². The van der Waals surface area contributed by atoms with Crippen LogP contribution in [0.3, 0.4) is 0 Å². The van der Waals surface area contributed by atoms with Crippen LogP contribution in [-0.4, -0.2) is 29.8 Å². The van der Waals surface area contributed by atoms with Crippen molar-refractivity contribution in [1.29, 1.82) is 0 Å². The second kappa shape index (κ2) is 4.37. The predicted octanol–water partition coefficient (Wildman–Crippen LogP) is 2.02. The molecule has 0 saturated heterocycles. The first kappa shape index (κ1) is 10.9. The molecule has 0 aliphatic heterocycles. The molecule has 0 fully saturated rings. The molecule has 0 aliphatic rings. The lowest BCUT2D eigenvalue weighted by Crippen LogP contribution is -2.02. The second-order valence-electron chi connectivity index (χ2n) is 3.30.